The van der Waals surface area contributed by atoms with Crippen molar-refractivity contribution >= 4 is 11.9 Å². The van der Waals surface area contributed by atoms with Crippen molar-refractivity contribution in [2.45, 2.75) is 20.3 Å². The van der Waals surface area contributed by atoms with Gasteiger partial charge in [0, 0.05) is 17.5 Å². The number of hydrogen-bond donors (Lipinski definition) is 2. The average Bonchev–Trinajstić information content (AvgIpc) is 2.46. The number of benzene rings is 1. The highest BCUT2D eigenvalue weighted by Crippen LogP contribution is 2.30. The molecule has 0 aliphatic rings. The molecule has 108 valence electrons. The molecule has 1 aromatic heterocycles. The first-order valence-electron chi connectivity index (χ1n) is 6.50. The minimum absolute atomic E-state index is 0.0133. The lowest BCUT2D eigenvalue weighted by Crippen LogP contribution is -2.08. The van der Waals surface area contributed by atoms with Crippen LogP contribution in [0.25, 0.3) is 11.1 Å². The minimum Gasteiger partial charge on any atom is -0.478 e. The van der Waals surface area contributed by atoms with Crippen molar-refractivity contribution < 1.29 is 19.8 Å². The molecular formula is C16H15NO4. The van der Waals surface area contributed by atoms with Crippen LogP contribution in [0.15, 0.2) is 30.5 Å². The zero-order chi connectivity index (χ0) is 15.6. The van der Waals surface area contributed by atoms with Crippen molar-refractivity contribution in [1.82, 2.24) is 4.98 Å². The Hall–Kier alpha value is -2.69. The first kappa shape index (κ1) is 14.7. The zero-order valence-electron chi connectivity index (χ0n) is 11.8. The molecule has 1 heterocycles. The van der Waals surface area contributed by atoms with E-state index in [4.69, 9.17) is 0 Å². The van der Waals surface area contributed by atoms with Gasteiger partial charge in [0.25, 0.3) is 0 Å². The summed E-state index contributed by atoms with van der Waals surface area (Å²) in [4.78, 5) is 27.1. The van der Waals surface area contributed by atoms with Crippen molar-refractivity contribution in [2.24, 2.45) is 0 Å². The molecule has 0 saturated heterocycles. The second-order valence-corrected chi connectivity index (χ2v) is 4.73. The van der Waals surface area contributed by atoms with Gasteiger partial charge in [0.15, 0.2) is 0 Å². The number of carbonyl (C=O) groups is 2. The number of aryl methyl sites for hydroxylation is 2. The van der Waals surface area contributed by atoms with Crippen LogP contribution in [-0.4, -0.2) is 27.1 Å². The Morgan fingerprint density at radius 2 is 1.67 bits per heavy atom. The quantitative estimate of drug-likeness (QED) is 0.901. The second-order valence-electron chi connectivity index (χ2n) is 4.73. The maximum absolute atomic E-state index is 11.5. The molecule has 0 amide bonds. The van der Waals surface area contributed by atoms with Gasteiger partial charge in [-0.15, -0.1) is 0 Å². The van der Waals surface area contributed by atoms with Gasteiger partial charge >= 0.3 is 11.9 Å². The number of hydrogen-bond acceptors (Lipinski definition) is 3. The highest BCUT2D eigenvalue weighted by molar-refractivity contribution is 6.05. The molecule has 2 N–H and O–H groups in total. The van der Waals surface area contributed by atoms with Gasteiger partial charge in [0.2, 0.25) is 0 Å². The largest absolute Gasteiger partial charge is 0.478 e. The monoisotopic (exact) mass is 285 g/mol. The summed E-state index contributed by atoms with van der Waals surface area (Å²) in [5.74, 6) is -2.29. The van der Waals surface area contributed by atoms with Gasteiger partial charge in [-0.2, -0.15) is 0 Å². The molecule has 2 aromatic rings. The standard InChI is InChI=1S/C16H15NO4/c1-3-11-8-10(4-5-17-11)14-12(15(18)19)6-9(2)7-13(14)16(20)21/h4-8H,3H2,1-2H3,(H,18,19)(H,20,21). The van der Waals surface area contributed by atoms with Crippen molar-refractivity contribution in [3.63, 3.8) is 0 Å². The third kappa shape index (κ3) is 2.91. The first-order valence-corrected chi connectivity index (χ1v) is 6.50. The Kier molecular flexibility index (Phi) is 4.03. The van der Waals surface area contributed by atoms with E-state index in [0.29, 0.717) is 17.5 Å². The topological polar surface area (TPSA) is 87.5 Å². The van der Waals surface area contributed by atoms with Gasteiger partial charge in [-0.1, -0.05) is 6.92 Å². The summed E-state index contributed by atoms with van der Waals surface area (Å²) in [6.07, 6.45) is 2.25. The molecule has 0 atom stereocenters. The molecule has 0 unspecified atom stereocenters. The Bertz CT molecular complexity index is 687. The average molecular weight is 285 g/mol. The Labute approximate surface area is 121 Å². The Morgan fingerprint density at radius 3 is 2.14 bits per heavy atom. The molecule has 0 bridgehead atoms. The minimum atomic E-state index is -1.15. The maximum Gasteiger partial charge on any atom is 0.336 e. The molecule has 2 rings (SSSR count). The van der Waals surface area contributed by atoms with Crippen LogP contribution in [0.3, 0.4) is 0 Å². The van der Waals surface area contributed by atoms with Gasteiger partial charge in [-0.3, -0.25) is 4.98 Å². The fraction of sp³-hybridized carbons (Fsp3) is 0.188. The van der Waals surface area contributed by atoms with E-state index in [1.807, 2.05) is 6.92 Å². The van der Waals surface area contributed by atoms with Crippen LogP contribution < -0.4 is 0 Å². The van der Waals surface area contributed by atoms with Crippen molar-refractivity contribution in [3.8, 4) is 11.1 Å². The normalized spacial score (nSPS) is 10.4. The summed E-state index contributed by atoms with van der Waals surface area (Å²) in [7, 11) is 0. The van der Waals surface area contributed by atoms with Crippen molar-refractivity contribution in [3.05, 3.63) is 52.8 Å². The molecule has 1 aromatic carbocycles. The smallest absolute Gasteiger partial charge is 0.336 e. The van der Waals surface area contributed by atoms with E-state index in [2.05, 4.69) is 4.98 Å². The Balaban J connectivity index is 2.81. The molecule has 0 fully saturated rings. The van der Waals surface area contributed by atoms with Gasteiger partial charge in [0.1, 0.15) is 0 Å². The zero-order valence-corrected chi connectivity index (χ0v) is 11.8. The number of aromatic carboxylic acids is 2. The van der Waals surface area contributed by atoms with Gasteiger partial charge in [-0.05, 0) is 48.7 Å². The second kappa shape index (κ2) is 5.75. The Morgan fingerprint density at radius 1 is 1.10 bits per heavy atom. The van der Waals surface area contributed by atoms with E-state index in [1.165, 1.54) is 12.1 Å². The van der Waals surface area contributed by atoms with Crippen molar-refractivity contribution in [2.75, 3.05) is 0 Å². The van der Waals surface area contributed by atoms with Crippen LogP contribution in [0.2, 0.25) is 0 Å². The first-order chi connectivity index (χ1) is 9.93. The third-order valence-corrected chi connectivity index (χ3v) is 3.21. The molecule has 0 saturated carbocycles. The lowest BCUT2D eigenvalue weighted by molar-refractivity contribution is 0.0696. The lowest BCUT2D eigenvalue weighted by atomic mass is 9.92. The van der Waals surface area contributed by atoms with Crippen LogP contribution in [0.5, 0.6) is 0 Å². The predicted molar refractivity (Wildman–Crippen MR) is 77.7 cm³/mol. The molecule has 5 nitrogen and oxygen atoms in total. The molecule has 0 aliphatic carbocycles. The summed E-state index contributed by atoms with van der Waals surface area (Å²) in [6.45, 7) is 3.60. The lowest BCUT2D eigenvalue weighted by Gasteiger charge is -2.12. The molecule has 0 radical (unpaired) electrons. The number of carboxylic acids is 2. The van der Waals surface area contributed by atoms with Crippen LogP contribution in [0.4, 0.5) is 0 Å². The van der Waals surface area contributed by atoms with E-state index in [0.717, 1.165) is 5.69 Å². The molecule has 0 aliphatic heterocycles. The van der Waals surface area contributed by atoms with Crippen molar-refractivity contribution in [1.29, 1.82) is 0 Å². The van der Waals surface area contributed by atoms with E-state index >= 15 is 0 Å². The van der Waals surface area contributed by atoms with Gasteiger partial charge in [0.05, 0.1) is 11.1 Å². The highest BCUT2D eigenvalue weighted by atomic mass is 16.4. The summed E-state index contributed by atoms with van der Waals surface area (Å²) in [6, 6.07) is 6.32. The fourth-order valence-electron chi connectivity index (χ4n) is 2.26. The molecule has 21 heavy (non-hydrogen) atoms. The number of rotatable bonds is 4. The molecular weight excluding hydrogens is 270 g/mol. The highest BCUT2D eigenvalue weighted by Gasteiger charge is 2.21. The van der Waals surface area contributed by atoms with Crippen LogP contribution in [0.1, 0.15) is 38.9 Å². The van der Waals surface area contributed by atoms with Crippen LogP contribution in [0, 0.1) is 6.92 Å². The SMILES string of the molecule is CCc1cc(-c2c(C(=O)O)cc(C)cc2C(=O)O)ccn1. The van der Waals surface area contributed by atoms with E-state index in [1.54, 1.807) is 25.3 Å². The number of aromatic nitrogens is 1. The number of pyridine rings is 1. The predicted octanol–water partition coefficient (Wildman–Crippen LogP) is 3.02. The number of carboxylic acid groups (broad SMARTS) is 2. The number of nitrogens with zero attached hydrogens (tertiary/aromatic N) is 1. The van der Waals surface area contributed by atoms with E-state index < -0.39 is 11.9 Å². The van der Waals surface area contributed by atoms with Gasteiger partial charge in [-0.25, -0.2) is 9.59 Å². The summed E-state index contributed by atoms with van der Waals surface area (Å²) < 4.78 is 0. The molecule has 0 spiro atoms. The summed E-state index contributed by atoms with van der Waals surface area (Å²) >= 11 is 0. The van der Waals surface area contributed by atoms with Crippen LogP contribution in [-0.2, 0) is 6.42 Å². The van der Waals surface area contributed by atoms with Crippen LogP contribution >= 0.6 is 0 Å². The van der Waals surface area contributed by atoms with Gasteiger partial charge < -0.3 is 10.2 Å². The fourth-order valence-corrected chi connectivity index (χ4v) is 2.26. The maximum atomic E-state index is 11.5. The third-order valence-electron chi connectivity index (χ3n) is 3.21. The summed E-state index contributed by atoms with van der Waals surface area (Å²) in [5.41, 5.74) is 2.12. The van der Waals surface area contributed by atoms with E-state index in [-0.39, 0.29) is 16.7 Å². The van der Waals surface area contributed by atoms with E-state index in [9.17, 15) is 19.8 Å². The molecule has 5 heteroatoms. The summed E-state index contributed by atoms with van der Waals surface area (Å²) in [5, 5.41) is 18.8.